The Morgan fingerprint density at radius 2 is 2.08 bits per heavy atom. The van der Waals surface area contributed by atoms with E-state index in [4.69, 9.17) is 4.74 Å². The van der Waals surface area contributed by atoms with E-state index in [0.717, 1.165) is 10.9 Å². The zero-order valence-electron chi connectivity index (χ0n) is 12.8. The zero-order chi connectivity index (χ0) is 17.6. The summed E-state index contributed by atoms with van der Waals surface area (Å²) in [5.74, 6) is 0.172. The molecule has 0 saturated heterocycles. The Balaban J connectivity index is 2.00. The van der Waals surface area contributed by atoms with Crippen LogP contribution in [0.3, 0.4) is 0 Å². The molecule has 0 aliphatic carbocycles. The average molecular weight is 400 g/mol. The lowest BCUT2D eigenvalue weighted by molar-refractivity contribution is 0.292. The minimum atomic E-state index is -0.323. The number of halogens is 2. The Hall–Kier alpha value is -2.85. The molecule has 1 aromatic heterocycles. The number of fused-ring (bicyclic) bond motifs is 2. The van der Waals surface area contributed by atoms with Gasteiger partial charge in [-0.05, 0) is 46.3 Å². The summed E-state index contributed by atoms with van der Waals surface area (Å²) in [6.07, 6.45) is 1.92. The fourth-order valence-electron chi connectivity index (χ4n) is 2.89. The molecule has 124 valence electrons. The van der Waals surface area contributed by atoms with Crippen molar-refractivity contribution >= 4 is 32.4 Å². The summed E-state index contributed by atoms with van der Waals surface area (Å²) in [7, 11) is 0. The van der Waals surface area contributed by atoms with Crippen LogP contribution < -0.4 is 4.74 Å². The molecular weight excluding hydrogens is 389 g/mol. The van der Waals surface area contributed by atoms with E-state index < -0.39 is 0 Å². The Morgan fingerprint density at radius 3 is 2.80 bits per heavy atom. The van der Waals surface area contributed by atoms with Crippen molar-refractivity contribution in [3.63, 3.8) is 0 Å². The molecule has 4 rings (SSSR count). The van der Waals surface area contributed by atoms with Crippen molar-refractivity contribution in [2.75, 3.05) is 6.61 Å². The minimum absolute atomic E-state index is 0.0124. The molecular formula is C18H11BrFN3O2. The fourth-order valence-corrected chi connectivity index (χ4v) is 3.62. The second kappa shape index (κ2) is 5.90. The minimum Gasteiger partial charge on any atom is -0.511 e. The zero-order valence-corrected chi connectivity index (χ0v) is 14.4. The summed E-state index contributed by atoms with van der Waals surface area (Å²) in [5.41, 5.74) is 2.16. The van der Waals surface area contributed by atoms with E-state index in [-0.39, 0.29) is 30.2 Å². The summed E-state index contributed by atoms with van der Waals surface area (Å²) < 4.78 is 21.3. The Bertz CT molecular complexity index is 1060. The van der Waals surface area contributed by atoms with Gasteiger partial charge in [-0.3, -0.25) is 0 Å². The molecule has 0 atom stereocenters. The van der Waals surface area contributed by atoms with E-state index in [2.05, 4.69) is 21.0 Å². The number of aliphatic hydroxyl groups excluding tert-OH is 1. The van der Waals surface area contributed by atoms with Gasteiger partial charge in [0.2, 0.25) is 0 Å². The van der Waals surface area contributed by atoms with Crippen LogP contribution in [-0.2, 0) is 0 Å². The molecule has 0 spiro atoms. The predicted octanol–water partition coefficient (Wildman–Crippen LogP) is 4.50. The van der Waals surface area contributed by atoms with Crippen LogP contribution in [0.15, 0.2) is 46.8 Å². The number of hydrogen-bond acceptors (Lipinski definition) is 4. The van der Waals surface area contributed by atoms with Crippen molar-refractivity contribution in [3.05, 3.63) is 58.1 Å². The van der Waals surface area contributed by atoms with E-state index in [1.807, 2.05) is 6.07 Å². The Morgan fingerprint density at radius 1 is 1.32 bits per heavy atom. The molecule has 2 heterocycles. The maximum Gasteiger partial charge on any atom is 0.144 e. The van der Waals surface area contributed by atoms with Gasteiger partial charge >= 0.3 is 0 Å². The molecule has 0 fully saturated rings. The highest BCUT2D eigenvalue weighted by Gasteiger charge is 2.24. The summed E-state index contributed by atoms with van der Waals surface area (Å²) in [6.45, 7) is 0.263. The molecule has 2 aromatic carbocycles. The summed E-state index contributed by atoms with van der Waals surface area (Å²) in [5, 5.41) is 24.6. The summed E-state index contributed by atoms with van der Waals surface area (Å²) in [6, 6.07) is 9.81. The monoisotopic (exact) mass is 399 g/mol. The number of nitriles is 1. The van der Waals surface area contributed by atoms with Crippen LogP contribution >= 0.6 is 15.9 Å². The molecule has 0 unspecified atom stereocenters. The molecule has 25 heavy (non-hydrogen) atoms. The van der Waals surface area contributed by atoms with Crippen LogP contribution in [0, 0.1) is 17.1 Å². The summed E-state index contributed by atoms with van der Waals surface area (Å²) in [4.78, 5) is 0. The molecule has 0 amide bonds. The van der Waals surface area contributed by atoms with Crippen LogP contribution in [-0.4, -0.2) is 21.5 Å². The van der Waals surface area contributed by atoms with E-state index in [1.54, 1.807) is 29.1 Å². The highest BCUT2D eigenvalue weighted by atomic mass is 79.9. The fraction of sp³-hybridized carbons (Fsp3) is 0.111. The van der Waals surface area contributed by atoms with E-state index >= 15 is 0 Å². The second-order valence-corrected chi connectivity index (χ2v) is 6.36. The maximum atomic E-state index is 13.2. The lowest BCUT2D eigenvalue weighted by Gasteiger charge is -2.12. The van der Waals surface area contributed by atoms with Crippen molar-refractivity contribution in [1.29, 1.82) is 5.26 Å². The molecule has 1 aliphatic heterocycles. The Labute approximate surface area is 150 Å². The van der Waals surface area contributed by atoms with Gasteiger partial charge < -0.3 is 9.84 Å². The second-order valence-electron chi connectivity index (χ2n) is 5.57. The van der Waals surface area contributed by atoms with Crippen LogP contribution in [0.4, 0.5) is 4.39 Å². The summed E-state index contributed by atoms with van der Waals surface area (Å²) >= 11 is 3.55. The standard InChI is InChI=1S/C18H11BrFN3O2/c19-16-17-10(9-22-23(17)12-3-1-11(20)2-4-12)7-13-14(8-21)15(24)5-6-25-18(13)16/h1-4,7,9,24H,5-6H2. The van der Waals surface area contributed by atoms with Crippen LogP contribution in [0.2, 0.25) is 0 Å². The van der Waals surface area contributed by atoms with Gasteiger partial charge in [0, 0.05) is 17.4 Å². The Kier molecular flexibility index (Phi) is 3.70. The highest BCUT2D eigenvalue weighted by molar-refractivity contribution is 9.10. The number of aliphatic hydroxyl groups is 1. The lowest BCUT2D eigenvalue weighted by Crippen LogP contribution is -2.00. The topological polar surface area (TPSA) is 71.1 Å². The van der Waals surface area contributed by atoms with Crippen molar-refractivity contribution in [3.8, 4) is 17.5 Å². The third kappa shape index (κ3) is 2.46. The number of hydrogen-bond donors (Lipinski definition) is 1. The van der Waals surface area contributed by atoms with Gasteiger partial charge in [0.25, 0.3) is 0 Å². The predicted molar refractivity (Wildman–Crippen MR) is 94.0 cm³/mol. The normalized spacial score (nSPS) is 14.0. The third-order valence-corrected chi connectivity index (χ3v) is 4.81. The van der Waals surface area contributed by atoms with Crippen molar-refractivity contribution < 1.29 is 14.2 Å². The largest absolute Gasteiger partial charge is 0.511 e. The van der Waals surface area contributed by atoms with Crippen molar-refractivity contribution in [2.24, 2.45) is 0 Å². The van der Waals surface area contributed by atoms with Gasteiger partial charge in [0.15, 0.2) is 0 Å². The molecule has 3 aromatic rings. The van der Waals surface area contributed by atoms with Gasteiger partial charge in [-0.25, -0.2) is 9.07 Å². The number of allylic oxidation sites excluding steroid dienone is 1. The van der Waals surface area contributed by atoms with Crippen LogP contribution in [0.5, 0.6) is 5.75 Å². The molecule has 7 heteroatoms. The van der Waals surface area contributed by atoms with Gasteiger partial charge in [-0.15, -0.1) is 0 Å². The molecule has 1 aliphatic rings. The van der Waals surface area contributed by atoms with E-state index in [1.165, 1.54) is 12.1 Å². The van der Waals surface area contributed by atoms with Crippen molar-refractivity contribution in [2.45, 2.75) is 6.42 Å². The highest BCUT2D eigenvalue weighted by Crippen LogP contribution is 2.42. The van der Waals surface area contributed by atoms with Gasteiger partial charge in [0.1, 0.15) is 29.0 Å². The third-order valence-electron chi connectivity index (χ3n) is 4.08. The first kappa shape index (κ1) is 15.7. The molecule has 1 N–H and O–H groups in total. The molecule has 5 nitrogen and oxygen atoms in total. The number of rotatable bonds is 1. The van der Waals surface area contributed by atoms with Crippen LogP contribution in [0.1, 0.15) is 12.0 Å². The first-order valence-electron chi connectivity index (χ1n) is 7.51. The maximum absolute atomic E-state index is 13.2. The van der Waals surface area contributed by atoms with Gasteiger partial charge in [-0.2, -0.15) is 10.4 Å². The van der Waals surface area contributed by atoms with E-state index in [0.29, 0.717) is 21.5 Å². The molecule has 0 radical (unpaired) electrons. The molecule has 0 bridgehead atoms. The quantitative estimate of drug-likeness (QED) is 0.653. The first-order valence-corrected chi connectivity index (χ1v) is 8.31. The van der Waals surface area contributed by atoms with E-state index in [9.17, 15) is 14.8 Å². The SMILES string of the molecule is N#CC1=C(O)CCOc2c1cc1cnn(-c3ccc(F)cc3)c1c2Br. The van der Waals surface area contributed by atoms with Gasteiger partial charge in [-0.1, -0.05) is 0 Å². The van der Waals surface area contributed by atoms with Crippen molar-refractivity contribution in [1.82, 2.24) is 9.78 Å². The first-order chi connectivity index (χ1) is 12.1. The lowest BCUT2D eigenvalue weighted by atomic mass is 10.0. The smallest absolute Gasteiger partial charge is 0.144 e. The van der Waals surface area contributed by atoms with Gasteiger partial charge in [0.05, 0.1) is 28.5 Å². The number of ether oxygens (including phenoxy) is 1. The number of nitrogens with zero attached hydrogens (tertiary/aromatic N) is 3. The number of benzene rings is 2. The average Bonchev–Trinajstić information content (AvgIpc) is 2.95. The van der Waals surface area contributed by atoms with Crippen LogP contribution in [0.25, 0.3) is 22.2 Å². The number of aromatic nitrogens is 2. The molecule has 0 saturated carbocycles.